The molecule has 1 heterocycles. The van der Waals surface area contributed by atoms with Crippen LogP contribution in [0.5, 0.6) is 5.75 Å². The fourth-order valence-electron chi connectivity index (χ4n) is 2.60. The van der Waals surface area contributed by atoms with Crippen molar-refractivity contribution in [3.8, 4) is 5.75 Å². The molecule has 2 aromatic carbocycles. The van der Waals surface area contributed by atoms with E-state index in [9.17, 15) is 9.59 Å². The molecule has 0 amide bonds. The zero-order valence-electron chi connectivity index (χ0n) is 13.8. The number of esters is 2. The van der Waals surface area contributed by atoms with Crippen molar-refractivity contribution in [2.24, 2.45) is 0 Å². The molecule has 0 radical (unpaired) electrons. The number of methoxy groups -OCH3 is 1. The Balaban J connectivity index is 1.96. The molecule has 0 spiro atoms. The lowest BCUT2D eigenvalue weighted by Crippen LogP contribution is -2.23. The van der Waals surface area contributed by atoms with E-state index in [1.165, 1.54) is 0 Å². The average Bonchev–Trinajstić information content (AvgIpc) is 3.05. The number of ether oxygens (including phenoxy) is 3. The summed E-state index contributed by atoms with van der Waals surface area (Å²) in [6.45, 7) is 0.272. The summed E-state index contributed by atoms with van der Waals surface area (Å²) in [6, 6.07) is 16.5. The van der Waals surface area contributed by atoms with Gasteiger partial charge >= 0.3 is 11.9 Å². The molecule has 1 fully saturated rings. The normalized spacial score (nSPS) is 17.1. The van der Waals surface area contributed by atoms with E-state index in [0.29, 0.717) is 23.3 Å². The lowest BCUT2D eigenvalue weighted by atomic mass is 10.0. The van der Waals surface area contributed by atoms with Crippen molar-refractivity contribution in [1.29, 1.82) is 0 Å². The number of carbonyl (C=O) groups excluding carboxylic acids is 2. The van der Waals surface area contributed by atoms with Crippen LogP contribution >= 0.6 is 0 Å². The molecule has 5 nitrogen and oxygen atoms in total. The lowest BCUT2D eigenvalue weighted by Gasteiger charge is -2.12. The first-order valence-electron chi connectivity index (χ1n) is 7.97. The van der Waals surface area contributed by atoms with Gasteiger partial charge in [0.05, 0.1) is 19.3 Å². The van der Waals surface area contributed by atoms with E-state index >= 15 is 0 Å². The third-order valence-electron chi connectivity index (χ3n) is 3.88. The molecular weight excluding hydrogens is 320 g/mol. The smallest absolute Gasteiger partial charge is 0.347 e. The van der Waals surface area contributed by atoms with Gasteiger partial charge in [-0.05, 0) is 17.7 Å². The molecular formula is C20H18O5. The van der Waals surface area contributed by atoms with Gasteiger partial charge in [-0.2, -0.15) is 0 Å². The maximum atomic E-state index is 12.7. The Labute approximate surface area is 145 Å². The van der Waals surface area contributed by atoms with Crippen molar-refractivity contribution in [2.45, 2.75) is 12.5 Å². The maximum absolute atomic E-state index is 12.7. The Bertz CT molecular complexity index is 795. The summed E-state index contributed by atoms with van der Waals surface area (Å²) in [5.41, 5.74) is 1.80. The molecule has 1 aliphatic heterocycles. The standard InChI is InChI=1S/C20H18O5/c1-23-17-10-6-5-9-15(17)13-16(14-7-3-2-4-8-14)19(21)25-18-11-12-24-20(18)22/h2-10,13,18H,11-12H2,1H3. The lowest BCUT2D eigenvalue weighted by molar-refractivity contribution is -0.156. The zero-order chi connectivity index (χ0) is 17.6. The third kappa shape index (κ3) is 3.88. The summed E-state index contributed by atoms with van der Waals surface area (Å²) in [7, 11) is 1.57. The maximum Gasteiger partial charge on any atom is 0.347 e. The second-order valence-electron chi connectivity index (χ2n) is 5.52. The molecule has 5 heteroatoms. The summed E-state index contributed by atoms with van der Waals surface area (Å²) < 4.78 is 15.6. The van der Waals surface area contributed by atoms with E-state index in [-0.39, 0.29) is 6.61 Å². The van der Waals surface area contributed by atoms with E-state index < -0.39 is 18.0 Å². The quantitative estimate of drug-likeness (QED) is 0.476. The Kier molecular flexibility index (Phi) is 5.14. The molecule has 128 valence electrons. The molecule has 0 N–H and O–H groups in total. The van der Waals surface area contributed by atoms with Crippen molar-refractivity contribution in [3.05, 3.63) is 65.7 Å². The largest absolute Gasteiger partial charge is 0.496 e. The fourth-order valence-corrected chi connectivity index (χ4v) is 2.60. The Hall–Kier alpha value is -3.08. The van der Waals surface area contributed by atoms with Crippen molar-refractivity contribution in [3.63, 3.8) is 0 Å². The highest BCUT2D eigenvalue weighted by Gasteiger charge is 2.31. The van der Waals surface area contributed by atoms with Crippen molar-refractivity contribution in [1.82, 2.24) is 0 Å². The predicted octanol–water partition coefficient (Wildman–Crippen LogP) is 3.09. The van der Waals surface area contributed by atoms with E-state index in [4.69, 9.17) is 14.2 Å². The molecule has 1 atom stereocenters. The minimum atomic E-state index is -0.850. The van der Waals surface area contributed by atoms with Gasteiger partial charge in [0.15, 0.2) is 0 Å². The molecule has 1 saturated heterocycles. The third-order valence-corrected chi connectivity index (χ3v) is 3.88. The molecule has 25 heavy (non-hydrogen) atoms. The first kappa shape index (κ1) is 16.8. The van der Waals surface area contributed by atoms with Crippen LogP contribution in [0.1, 0.15) is 17.5 Å². The van der Waals surface area contributed by atoms with Crippen LogP contribution in [0.4, 0.5) is 0 Å². The van der Waals surface area contributed by atoms with Gasteiger partial charge in [-0.15, -0.1) is 0 Å². The number of carbonyl (C=O) groups is 2. The van der Waals surface area contributed by atoms with E-state index in [0.717, 1.165) is 5.56 Å². The molecule has 0 bridgehead atoms. The number of rotatable bonds is 5. The molecule has 0 aromatic heterocycles. The van der Waals surface area contributed by atoms with E-state index in [1.54, 1.807) is 13.2 Å². The van der Waals surface area contributed by atoms with Crippen LogP contribution in [0.15, 0.2) is 54.6 Å². The molecule has 0 aliphatic carbocycles. The zero-order valence-corrected chi connectivity index (χ0v) is 13.8. The van der Waals surface area contributed by atoms with Crippen LogP contribution in [0.3, 0.4) is 0 Å². The van der Waals surface area contributed by atoms with Gasteiger partial charge in [0, 0.05) is 12.0 Å². The number of para-hydroxylation sites is 1. The van der Waals surface area contributed by atoms with Gasteiger partial charge < -0.3 is 14.2 Å². The van der Waals surface area contributed by atoms with Crippen LogP contribution in [0.2, 0.25) is 0 Å². The Morgan fingerprint density at radius 2 is 1.84 bits per heavy atom. The minimum Gasteiger partial charge on any atom is -0.496 e. The Morgan fingerprint density at radius 1 is 1.12 bits per heavy atom. The average molecular weight is 338 g/mol. The first-order chi connectivity index (χ1) is 12.2. The number of benzene rings is 2. The molecule has 1 aliphatic rings. The fraction of sp³-hybridized carbons (Fsp3) is 0.200. The predicted molar refractivity (Wildman–Crippen MR) is 92.8 cm³/mol. The second kappa shape index (κ2) is 7.66. The van der Waals surface area contributed by atoms with Crippen LogP contribution in [-0.2, 0) is 19.1 Å². The van der Waals surface area contributed by atoms with Gasteiger partial charge in [-0.1, -0.05) is 48.5 Å². The highest BCUT2D eigenvalue weighted by molar-refractivity contribution is 6.22. The number of hydrogen-bond donors (Lipinski definition) is 0. The van der Waals surface area contributed by atoms with Crippen molar-refractivity contribution in [2.75, 3.05) is 13.7 Å². The summed E-state index contributed by atoms with van der Waals surface area (Å²) >= 11 is 0. The molecule has 1 unspecified atom stereocenters. The monoisotopic (exact) mass is 338 g/mol. The summed E-state index contributed by atoms with van der Waals surface area (Å²) in [5, 5.41) is 0. The highest BCUT2D eigenvalue weighted by atomic mass is 16.6. The van der Waals surface area contributed by atoms with Crippen molar-refractivity contribution >= 4 is 23.6 Å². The Morgan fingerprint density at radius 3 is 2.52 bits per heavy atom. The molecule has 3 rings (SSSR count). The molecule has 0 saturated carbocycles. The summed E-state index contributed by atoms with van der Waals surface area (Å²) in [6.07, 6.45) is 1.23. The topological polar surface area (TPSA) is 61.8 Å². The van der Waals surface area contributed by atoms with E-state index in [1.807, 2.05) is 54.6 Å². The van der Waals surface area contributed by atoms with Crippen LogP contribution < -0.4 is 4.74 Å². The number of cyclic esters (lactones) is 1. The SMILES string of the molecule is COc1ccccc1C=C(C(=O)OC1CCOC1=O)c1ccccc1. The highest BCUT2D eigenvalue weighted by Crippen LogP contribution is 2.26. The first-order valence-corrected chi connectivity index (χ1v) is 7.97. The van der Waals surface area contributed by atoms with Gasteiger partial charge in [0.2, 0.25) is 6.10 Å². The molecule has 2 aromatic rings. The van der Waals surface area contributed by atoms with Gasteiger partial charge in [0.25, 0.3) is 0 Å². The van der Waals surface area contributed by atoms with Crippen molar-refractivity contribution < 1.29 is 23.8 Å². The summed E-state index contributed by atoms with van der Waals surface area (Å²) in [5.74, 6) is -0.428. The summed E-state index contributed by atoms with van der Waals surface area (Å²) in [4.78, 5) is 24.3. The van der Waals surface area contributed by atoms with Crippen LogP contribution in [0, 0.1) is 0 Å². The second-order valence-corrected chi connectivity index (χ2v) is 5.52. The van der Waals surface area contributed by atoms with E-state index in [2.05, 4.69) is 0 Å². The van der Waals surface area contributed by atoms with Crippen LogP contribution in [-0.4, -0.2) is 31.8 Å². The van der Waals surface area contributed by atoms with Gasteiger partial charge in [0.1, 0.15) is 5.75 Å². The minimum absolute atomic E-state index is 0.272. The van der Waals surface area contributed by atoms with Gasteiger partial charge in [-0.25, -0.2) is 9.59 Å². The van der Waals surface area contributed by atoms with Gasteiger partial charge in [-0.3, -0.25) is 0 Å². The van der Waals surface area contributed by atoms with Crippen LogP contribution in [0.25, 0.3) is 11.6 Å². The number of hydrogen-bond acceptors (Lipinski definition) is 5.